The number of para-hydroxylation sites is 2. The molecule has 38 heavy (non-hydrogen) atoms. The number of rotatable bonds is 6. The van der Waals surface area contributed by atoms with Gasteiger partial charge in [-0.05, 0) is 48.5 Å². The molecule has 6 nitrogen and oxygen atoms in total. The summed E-state index contributed by atoms with van der Waals surface area (Å²) in [5.74, 6) is 1.24. The van der Waals surface area contributed by atoms with E-state index in [4.69, 9.17) is 37.3 Å². The zero-order valence-electron chi connectivity index (χ0n) is 19.8. The molecule has 0 fully saturated rings. The Kier molecular flexibility index (Phi) is 6.42. The molecule has 8 heteroatoms. The number of ether oxygens (including phenoxy) is 1. The molecule has 4 aromatic carbocycles. The number of fused-ring (bicyclic) bond motifs is 2. The second-order valence-corrected chi connectivity index (χ2v) is 9.37. The highest BCUT2D eigenvalue weighted by molar-refractivity contribution is 6.31. The third-order valence-electron chi connectivity index (χ3n) is 6.02. The lowest BCUT2D eigenvalue weighted by Crippen LogP contribution is -2.20. The van der Waals surface area contributed by atoms with Crippen LogP contribution in [0.15, 0.2) is 111 Å². The quantitative estimate of drug-likeness (QED) is 0.204. The van der Waals surface area contributed by atoms with Crippen molar-refractivity contribution in [2.75, 3.05) is 0 Å². The summed E-state index contributed by atoms with van der Waals surface area (Å²) >= 11 is 12.6. The summed E-state index contributed by atoms with van der Waals surface area (Å²) in [5.41, 5.74) is 2.33. The number of hydrogen-bond donors (Lipinski definition) is 0. The van der Waals surface area contributed by atoms with Crippen LogP contribution in [0.5, 0.6) is 5.75 Å². The van der Waals surface area contributed by atoms with E-state index < -0.39 is 0 Å². The lowest BCUT2D eigenvalue weighted by atomic mass is 10.2. The Morgan fingerprint density at radius 2 is 1.71 bits per heavy atom. The molecule has 0 N–H and O–H groups in total. The number of nitrogens with zero attached hydrogens (tertiary/aromatic N) is 3. The van der Waals surface area contributed by atoms with Crippen LogP contribution in [-0.4, -0.2) is 15.9 Å². The third-order valence-corrected chi connectivity index (χ3v) is 6.63. The Labute approximate surface area is 227 Å². The molecule has 2 aromatic heterocycles. The Morgan fingerprint density at radius 1 is 0.921 bits per heavy atom. The van der Waals surface area contributed by atoms with Crippen molar-refractivity contribution in [3.63, 3.8) is 0 Å². The highest BCUT2D eigenvalue weighted by Gasteiger charge is 2.16. The number of aromatic nitrogens is 2. The smallest absolute Gasteiger partial charge is 0.282 e. The molecular weight excluding hydrogens is 521 g/mol. The molecule has 0 aliphatic carbocycles. The molecule has 0 saturated carbocycles. The summed E-state index contributed by atoms with van der Waals surface area (Å²) in [6.45, 7) is 0.254. The fraction of sp³-hybridized carbons (Fsp3) is 0.0333. The SMILES string of the molecule is O=c1c2ccccc2nc(-c2cc3ccccc3o2)n1N=Cc1cc(Cl)ccc1OCc1ccccc1Cl. The van der Waals surface area contributed by atoms with Gasteiger partial charge in [-0.25, -0.2) is 4.98 Å². The predicted molar refractivity (Wildman–Crippen MR) is 151 cm³/mol. The van der Waals surface area contributed by atoms with E-state index in [2.05, 4.69) is 5.10 Å². The van der Waals surface area contributed by atoms with E-state index in [0.29, 0.717) is 43.6 Å². The second-order valence-electron chi connectivity index (χ2n) is 8.52. The first-order chi connectivity index (χ1) is 18.6. The van der Waals surface area contributed by atoms with Crippen LogP contribution in [0, 0.1) is 0 Å². The summed E-state index contributed by atoms with van der Waals surface area (Å²) < 4.78 is 13.3. The van der Waals surface area contributed by atoms with Crippen molar-refractivity contribution < 1.29 is 9.15 Å². The molecule has 0 amide bonds. The van der Waals surface area contributed by atoms with Crippen LogP contribution >= 0.6 is 23.2 Å². The van der Waals surface area contributed by atoms with Crippen molar-refractivity contribution >= 4 is 51.3 Å². The summed E-state index contributed by atoms with van der Waals surface area (Å²) in [4.78, 5) is 18.3. The normalized spacial score (nSPS) is 11.5. The fourth-order valence-corrected chi connectivity index (χ4v) is 4.50. The van der Waals surface area contributed by atoms with E-state index >= 15 is 0 Å². The molecule has 0 saturated heterocycles. The average Bonchev–Trinajstić information content (AvgIpc) is 3.37. The number of furan rings is 1. The standard InChI is InChI=1S/C30H19Cl2N3O3/c31-22-13-14-26(37-18-20-8-1-4-10-24(20)32)21(15-22)17-33-35-29(28-16-19-7-2-6-12-27(19)38-28)34-25-11-5-3-9-23(25)30(35)36/h1-17H,18H2. The highest BCUT2D eigenvalue weighted by Crippen LogP contribution is 2.28. The molecule has 2 heterocycles. The van der Waals surface area contributed by atoms with E-state index in [0.717, 1.165) is 10.9 Å². The summed E-state index contributed by atoms with van der Waals surface area (Å²) in [5, 5.41) is 6.98. The maximum Gasteiger partial charge on any atom is 0.282 e. The van der Waals surface area contributed by atoms with Gasteiger partial charge in [-0.2, -0.15) is 9.78 Å². The predicted octanol–water partition coefficient (Wildman–Crippen LogP) is 7.58. The van der Waals surface area contributed by atoms with Crippen LogP contribution in [0.3, 0.4) is 0 Å². The van der Waals surface area contributed by atoms with Gasteiger partial charge in [0.2, 0.25) is 5.82 Å². The summed E-state index contributed by atoms with van der Waals surface area (Å²) in [6, 6.07) is 29.2. The molecule has 0 radical (unpaired) electrons. The molecule has 6 rings (SSSR count). The van der Waals surface area contributed by atoms with E-state index in [1.54, 1.807) is 36.4 Å². The van der Waals surface area contributed by atoms with Crippen molar-refractivity contribution in [2.45, 2.75) is 6.61 Å². The van der Waals surface area contributed by atoms with Crippen molar-refractivity contribution in [1.82, 2.24) is 9.66 Å². The van der Waals surface area contributed by atoms with Gasteiger partial charge in [0.1, 0.15) is 17.9 Å². The second kappa shape index (κ2) is 10.2. The van der Waals surface area contributed by atoms with Gasteiger partial charge in [0, 0.05) is 26.6 Å². The van der Waals surface area contributed by atoms with E-state index in [1.165, 1.54) is 10.9 Å². The molecule has 0 bridgehead atoms. The third kappa shape index (κ3) is 4.67. The van der Waals surface area contributed by atoms with Crippen LogP contribution in [-0.2, 0) is 6.61 Å². The minimum absolute atomic E-state index is 0.254. The van der Waals surface area contributed by atoms with Crippen molar-refractivity contribution in [2.24, 2.45) is 5.10 Å². The van der Waals surface area contributed by atoms with Gasteiger partial charge in [0.25, 0.3) is 5.56 Å². The summed E-state index contributed by atoms with van der Waals surface area (Å²) in [7, 11) is 0. The van der Waals surface area contributed by atoms with Crippen LogP contribution < -0.4 is 10.3 Å². The topological polar surface area (TPSA) is 69.6 Å². The highest BCUT2D eigenvalue weighted by atomic mass is 35.5. The van der Waals surface area contributed by atoms with E-state index in [1.807, 2.05) is 60.7 Å². The minimum atomic E-state index is -0.331. The molecular formula is C30H19Cl2N3O3. The van der Waals surface area contributed by atoms with Gasteiger partial charge in [-0.3, -0.25) is 4.79 Å². The fourth-order valence-electron chi connectivity index (χ4n) is 4.12. The first-order valence-electron chi connectivity index (χ1n) is 11.8. The van der Waals surface area contributed by atoms with E-state index in [9.17, 15) is 4.79 Å². The maximum atomic E-state index is 13.6. The van der Waals surface area contributed by atoms with Crippen LogP contribution in [0.1, 0.15) is 11.1 Å². The van der Waals surface area contributed by atoms with Gasteiger partial charge in [0.05, 0.1) is 17.1 Å². The lowest BCUT2D eigenvalue weighted by Gasteiger charge is -2.11. The Morgan fingerprint density at radius 3 is 2.58 bits per heavy atom. The number of hydrogen-bond acceptors (Lipinski definition) is 5. The van der Waals surface area contributed by atoms with Gasteiger partial charge < -0.3 is 9.15 Å². The van der Waals surface area contributed by atoms with Crippen molar-refractivity contribution in [1.29, 1.82) is 0 Å². The maximum absolute atomic E-state index is 13.6. The number of halogens is 2. The summed E-state index contributed by atoms with van der Waals surface area (Å²) in [6.07, 6.45) is 1.53. The molecule has 6 aromatic rings. The average molecular weight is 540 g/mol. The van der Waals surface area contributed by atoms with Gasteiger partial charge in [0.15, 0.2) is 5.76 Å². The Balaban J connectivity index is 1.44. The molecule has 0 aliphatic heterocycles. The molecule has 0 unspecified atom stereocenters. The molecule has 186 valence electrons. The Hall–Kier alpha value is -4.39. The lowest BCUT2D eigenvalue weighted by molar-refractivity contribution is 0.306. The van der Waals surface area contributed by atoms with E-state index in [-0.39, 0.29) is 18.0 Å². The van der Waals surface area contributed by atoms with Crippen molar-refractivity contribution in [3.8, 4) is 17.3 Å². The van der Waals surface area contributed by atoms with Gasteiger partial charge in [-0.1, -0.05) is 71.7 Å². The first-order valence-corrected chi connectivity index (χ1v) is 12.5. The molecule has 0 spiro atoms. The molecule has 0 aliphatic rings. The van der Waals surface area contributed by atoms with Crippen molar-refractivity contribution in [3.05, 3.63) is 129 Å². The largest absolute Gasteiger partial charge is 0.488 e. The zero-order valence-corrected chi connectivity index (χ0v) is 21.4. The Bertz CT molecular complexity index is 1860. The molecule has 0 atom stereocenters. The zero-order chi connectivity index (χ0) is 26.1. The van der Waals surface area contributed by atoms with Gasteiger partial charge in [-0.15, -0.1) is 0 Å². The first kappa shape index (κ1) is 24.0. The minimum Gasteiger partial charge on any atom is -0.488 e. The monoisotopic (exact) mass is 539 g/mol. The van der Waals surface area contributed by atoms with Crippen LogP contribution in [0.2, 0.25) is 10.0 Å². The van der Waals surface area contributed by atoms with Crippen LogP contribution in [0.25, 0.3) is 33.5 Å². The van der Waals surface area contributed by atoms with Gasteiger partial charge >= 0.3 is 0 Å². The van der Waals surface area contributed by atoms with Crippen LogP contribution in [0.4, 0.5) is 0 Å². The number of benzene rings is 4.